The summed E-state index contributed by atoms with van der Waals surface area (Å²) in [6.07, 6.45) is 6.24. The Morgan fingerprint density at radius 2 is 2.00 bits per heavy atom. The van der Waals surface area contributed by atoms with Crippen molar-refractivity contribution in [3.8, 4) is 0 Å². The molecule has 3 aromatic rings. The van der Waals surface area contributed by atoms with E-state index >= 15 is 0 Å². The summed E-state index contributed by atoms with van der Waals surface area (Å²) in [6, 6.07) is 3.49. The van der Waals surface area contributed by atoms with Crippen molar-refractivity contribution < 1.29 is 0 Å². The summed E-state index contributed by atoms with van der Waals surface area (Å²) in [5.41, 5.74) is 6.85. The lowest BCUT2D eigenvalue weighted by Crippen LogP contribution is -1.87. The van der Waals surface area contributed by atoms with Crippen LogP contribution in [0.25, 0.3) is 11.0 Å². The summed E-state index contributed by atoms with van der Waals surface area (Å²) >= 11 is 5.72. The van der Waals surface area contributed by atoms with E-state index in [0.29, 0.717) is 11.0 Å². The van der Waals surface area contributed by atoms with Crippen molar-refractivity contribution in [2.75, 3.05) is 5.73 Å². The molecule has 0 radical (unpaired) electrons. The number of nitrogen functional groups attached to an aromatic ring is 1. The highest BCUT2D eigenvalue weighted by atomic mass is 35.5. The van der Waals surface area contributed by atoms with Gasteiger partial charge in [-0.15, -0.1) is 0 Å². The molecule has 0 bridgehead atoms. The van der Waals surface area contributed by atoms with Crippen molar-refractivity contribution >= 4 is 28.5 Å². The number of H-pyrrole nitrogens is 1. The number of fused-ring (bicyclic) bond motifs is 1. The smallest absolute Gasteiger partial charge is 0.156 e. The highest BCUT2D eigenvalue weighted by Crippen LogP contribution is 2.15. The first-order valence-electron chi connectivity index (χ1n) is 4.72. The molecule has 0 aliphatic heterocycles. The Morgan fingerprint density at radius 1 is 1.12 bits per heavy atom. The number of rotatable bonds is 0. The van der Waals surface area contributed by atoms with Gasteiger partial charge in [0.1, 0.15) is 24.0 Å². The zero-order valence-corrected chi connectivity index (χ0v) is 9.46. The fourth-order valence-corrected chi connectivity index (χ4v) is 1.34. The fourth-order valence-electron chi connectivity index (χ4n) is 1.14. The highest BCUT2D eigenvalue weighted by Gasteiger charge is 1.98. The Kier molecular flexibility index (Phi) is 3.46. The first-order chi connectivity index (χ1) is 8.27. The summed E-state index contributed by atoms with van der Waals surface area (Å²) in [6.45, 7) is 0. The van der Waals surface area contributed by atoms with Crippen LogP contribution in [0.15, 0.2) is 37.2 Å². The van der Waals surface area contributed by atoms with Gasteiger partial charge in [0.2, 0.25) is 0 Å². The Balaban J connectivity index is 0.000000136. The van der Waals surface area contributed by atoms with E-state index in [-0.39, 0.29) is 0 Å². The van der Waals surface area contributed by atoms with Gasteiger partial charge < -0.3 is 10.7 Å². The average Bonchev–Trinajstić information content (AvgIpc) is 2.80. The summed E-state index contributed by atoms with van der Waals surface area (Å²) in [7, 11) is 0. The van der Waals surface area contributed by atoms with Crippen LogP contribution in [0, 0.1) is 0 Å². The average molecular weight is 249 g/mol. The van der Waals surface area contributed by atoms with Gasteiger partial charge in [-0.3, -0.25) is 0 Å². The van der Waals surface area contributed by atoms with Gasteiger partial charge in [0.25, 0.3) is 0 Å². The van der Waals surface area contributed by atoms with E-state index < -0.39 is 0 Å². The number of nitrogens with two attached hydrogens (primary N) is 1. The molecular weight excluding hydrogens is 240 g/mol. The maximum Gasteiger partial charge on any atom is 0.156 e. The highest BCUT2D eigenvalue weighted by molar-refractivity contribution is 6.33. The standard InChI is InChI=1S/C6H4ClN3.C4H5N3/c7-6-5-4(1-2-8-5)9-3-10-6;5-4-1-2-6-3-7-4/h1-3,8H;1-3H,(H2,5,6,7). The fraction of sp³-hybridized carbons (Fsp3) is 0. The predicted molar refractivity (Wildman–Crippen MR) is 65.3 cm³/mol. The van der Waals surface area contributed by atoms with E-state index in [0.717, 1.165) is 11.0 Å². The summed E-state index contributed by atoms with van der Waals surface area (Å²) in [4.78, 5) is 18.0. The summed E-state index contributed by atoms with van der Waals surface area (Å²) < 4.78 is 0. The van der Waals surface area contributed by atoms with Crippen LogP contribution in [0.3, 0.4) is 0 Å². The lowest BCUT2D eigenvalue weighted by molar-refractivity contribution is 1.18. The zero-order valence-electron chi connectivity index (χ0n) is 8.71. The Hall–Kier alpha value is -2.21. The summed E-state index contributed by atoms with van der Waals surface area (Å²) in [5, 5.41) is 0.468. The normalized spacial score (nSPS) is 9.71. The van der Waals surface area contributed by atoms with Gasteiger partial charge in [-0.25, -0.2) is 19.9 Å². The quantitative estimate of drug-likeness (QED) is 0.590. The van der Waals surface area contributed by atoms with Gasteiger partial charge in [0, 0.05) is 12.4 Å². The molecule has 3 heterocycles. The maximum absolute atomic E-state index is 5.72. The third-order valence-electron chi connectivity index (χ3n) is 1.90. The van der Waals surface area contributed by atoms with Crippen molar-refractivity contribution in [3.63, 3.8) is 0 Å². The molecule has 3 rings (SSSR count). The first kappa shape index (κ1) is 11.3. The molecule has 0 saturated heterocycles. The second kappa shape index (κ2) is 5.22. The van der Waals surface area contributed by atoms with Crippen molar-refractivity contribution in [3.05, 3.63) is 42.3 Å². The molecule has 7 heteroatoms. The number of nitrogens with one attached hydrogen (secondary N) is 1. The molecule has 0 aliphatic rings. The predicted octanol–water partition coefficient (Wildman–Crippen LogP) is 1.67. The van der Waals surface area contributed by atoms with Crippen LogP contribution in [-0.4, -0.2) is 24.9 Å². The minimum absolute atomic E-state index is 0.468. The van der Waals surface area contributed by atoms with E-state index in [4.69, 9.17) is 17.3 Å². The van der Waals surface area contributed by atoms with Crippen LogP contribution >= 0.6 is 11.6 Å². The molecule has 0 unspecified atom stereocenters. The molecule has 86 valence electrons. The first-order valence-corrected chi connectivity index (χ1v) is 5.10. The molecule has 0 aliphatic carbocycles. The number of nitrogens with zero attached hydrogens (tertiary/aromatic N) is 4. The van der Waals surface area contributed by atoms with Crippen LogP contribution in [0.4, 0.5) is 5.82 Å². The molecule has 17 heavy (non-hydrogen) atoms. The summed E-state index contributed by atoms with van der Waals surface area (Å²) in [5.74, 6) is 0.509. The Morgan fingerprint density at radius 3 is 2.59 bits per heavy atom. The maximum atomic E-state index is 5.72. The van der Waals surface area contributed by atoms with Crippen molar-refractivity contribution in [2.24, 2.45) is 0 Å². The van der Waals surface area contributed by atoms with Crippen molar-refractivity contribution in [2.45, 2.75) is 0 Å². The number of aromatic nitrogens is 5. The molecule has 3 N–H and O–H groups in total. The van der Waals surface area contributed by atoms with Crippen molar-refractivity contribution in [1.29, 1.82) is 0 Å². The lowest BCUT2D eigenvalue weighted by Gasteiger charge is -1.88. The van der Waals surface area contributed by atoms with Crippen LogP contribution in [0.2, 0.25) is 5.15 Å². The number of hydrogen-bond donors (Lipinski definition) is 2. The molecule has 0 fully saturated rings. The SMILES string of the molecule is Clc1ncnc2cc[nH]c12.Nc1ccncn1. The number of aromatic amines is 1. The zero-order chi connectivity index (χ0) is 12.1. The third kappa shape index (κ3) is 2.88. The third-order valence-corrected chi connectivity index (χ3v) is 2.19. The molecule has 0 amide bonds. The monoisotopic (exact) mass is 248 g/mol. The minimum Gasteiger partial charge on any atom is -0.384 e. The van der Waals surface area contributed by atoms with Crippen LogP contribution in [-0.2, 0) is 0 Å². The van der Waals surface area contributed by atoms with Gasteiger partial charge in [-0.2, -0.15) is 0 Å². The van der Waals surface area contributed by atoms with Crippen LogP contribution in [0.1, 0.15) is 0 Å². The lowest BCUT2D eigenvalue weighted by atomic mass is 10.5. The molecule has 6 nitrogen and oxygen atoms in total. The largest absolute Gasteiger partial charge is 0.384 e. The molecule has 0 spiro atoms. The second-order valence-corrected chi connectivity index (χ2v) is 3.39. The minimum atomic E-state index is 0.468. The van der Waals surface area contributed by atoms with E-state index in [1.54, 1.807) is 18.5 Å². The molecule has 0 atom stereocenters. The van der Waals surface area contributed by atoms with E-state index in [2.05, 4.69) is 24.9 Å². The van der Waals surface area contributed by atoms with Crippen LogP contribution in [0.5, 0.6) is 0 Å². The molecule has 3 aromatic heterocycles. The van der Waals surface area contributed by atoms with Gasteiger partial charge in [-0.05, 0) is 12.1 Å². The Bertz CT molecular complexity index is 594. The van der Waals surface area contributed by atoms with Gasteiger partial charge in [0.05, 0.1) is 5.52 Å². The molecule has 0 aromatic carbocycles. The van der Waals surface area contributed by atoms with Crippen LogP contribution < -0.4 is 5.73 Å². The van der Waals surface area contributed by atoms with Gasteiger partial charge in [-0.1, -0.05) is 11.6 Å². The van der Waals surface area contributed by atoms with E-state index in [1.165, 1.54) is 12.7 Å². The number of hydrogen-bond acceptors (Lipinski definition) is 5. The second-order valence-electron chi connectivity index (χ2n) is 3.04. The van der Waals surface area contributed by atoms with Gasteiger partial charge >= 0.3 is 0 Å². The molecule has 0 saturated carbocycles. The van der Waals surface area contributed by atoms with E-state index in [9.17, 15) is 0 Å². The number of anilines is 1. The Labute approximate surface area is 102 Å². The van der Waals surface area contributed by atoms with Gasteiger partial charge in [0.15, 0.2) is 5.15 Å². The molecular formula is C10H9ClN6. The van der Waals surface area contributed by atoms with Crippen molar-refractivity contribution in [1.82, 2.24) is 24.9 Å². The van der Waals surface area contributed by atoms with E-state index in [1.807, 2.05) is 6.07 Å². The number of halogens is 1. The topological polar surface area (TPSA) is 93.4 Å².